The smallest absolute Gasteiger partial charge is 0.185 e. The summed E-state index contributed by atoms with van der Waals surface area (Å²) in [4.78, 5) is 2.38. The lowest BCUT2D eigenvalue weighted by Gasteiger charge is -2.47. The predicted molar refractivity (Wildman–Crippen MR) is 108 cm³/mol. The van der Waals surface area contributed by atoms with Crippen molar-refractivity contribution >= 4 is 8.32 Å². The van der Waals surface area contributed by atoms with Gasteiger partial charge in [-0.3, -0.25) is 0 Å². The number of likely N-dealkylation sites (tertiary alicyclic amines) is 1. The van der Waals surface area contributed by atoms with E-state index in [0.29, 0.717) is 0 Å². The summed E-state index contributed by atoms with van der Waals surface area (Å²) >= 11 is 0. The van der Waals surface area contributed by atoms with E-state index in [1.54, 1.807) is 0 Å². The van der Waals surface area contributed by atoms with Crippen LogP contribution in [0.25, 0.3) is 0 Å². The van der Waals surface area contributed by atoms with E-state index in [2.05, 4.69) is 91.8 Å². The van der Waals surface area contributed by atoms with Crippen LogP contribution in [0.2, 0.25) is 19.6 Å². The molecule has 1 fully saturated rings. The molecular weight excluding hydrogens is 322 g/mol. The summed E-state index contributed by atoms with van der Waals surface area (Å²) in [6, 6.07) is 21.8. The van der Waals surface area contributed by atoms with E-state index >= 15 is 0 Å². The molecule has 0 aliphatic carbocycles. The molecule has 3 rings (SSSR count). The zero-order valence-electron chi connectivity index (χ0n) is 15.6. The first-order valence-corrected chi connectivity index (χ1v) is 12.6. The van der Waals surface area contributed by atoms with Crippen molar-refractivity contribution in [2.75, 3.05) is 6.54 Å². The monoisotopic (exact) mass is 351 g/mol. The third-order valence-electron chi connectivity index (χ3n) is 4.87. The van der Waals surface area contributed by atoms with E-state index in [1.807, 2.05) is 6.20 Å². The third kappa shape index (κ3) is 3.58. The topological polar surface area (TPSA) is 12.5 Å². The standard InChI is InChI=1S/C22H29NOSi/c1-5-23-18-12-17-21(23)22(24-25(2,3)4,19-13-8-6-9-14-19)20-15-10-7-11-16-20/h5-11,13-16,21H,1,12,17-18H2,2-4H3/t21-/m0/s1. The largest absolute Gasteiger partial charge is 0.402 e. The molecule has 0 radical (unpaired) electrons. The Kier molecular flexibility index (Phi) is 5.16. The summed E-state index contributed by atoms with van der Waals surface area (Å²) in [5, 5.41) is 0. The van der Waals surface area contributed by atoms with Gasteiger partial charge in [-0.05, 0) is 49.8 Å². The lowest BCUT2D eigenvalue weighted by atomic mass is 9.79. The van der Waals surface area contributed by atoms with Crippen LogP contribution in [0.1, 0.15) is 24.0 Å². The highest BCUT2D eigenvalue weighted by Crippen LogP contribution is 2.45. The van der Waals surface area contributed by atoms with Crippen LogP contribution in [-0.2, 0) is 10.0 Å². The summed E-state index contributed by atoms with van der Waals surface area (Å²) < 4.78 is 7.06. The molecule has 1 heterocycles. The molecular formula is C22H29NOSi. The van der Waals surface area contributed by atoms with Gasteiger partial charge < -0.3 is 9.33 Å². The minimum Gasteiger partial charge on any atom is -0.402 e. The minimum atomic E-state index is -1.83. The summed E-state index contributed by atoms with van der Waals surface area (Å²) in [5.74, 6) is 0. The van der Waals surface area contributed by atoms with Crippen molar-refractivity contribution < 1.29 is 4.43 Å². The van der Waals surface area contributed by atoms with E-state index in [1.165, 1.54) is 17.5 Å². The van der Waals surface area contributed by atoms with Crippen molar-refractivity contribution in [3.63, 3.8) is 0 Å². The molecule has 0 bridgehead atoms. The SMILES string of the molecule is C=CN1CCC[C@H]1C(O[Si](C)(C)C)(c1ccccc1)c1ccccc1. The van der Waals surface area contributed by atoms with Crippen LogP contribution < -0.4 is 0 Å². The van der Waals surface area contributed by atoms with Crippen molar-refractivity contribution in [1.29, 1.82) is 0 Å². The summed E-state index contributed by atoms with van der Waals surface area (Å²) in [5.41, 5.74) is 2.02. The fraction of sp³-hybridized carbons (Fsp3) is 0.364. The molecule has 1 saturated heterocycles. The van der Waals surface area contributed by atoms with Crippen LogP contribution in [0.5, 0.6) is 0 Å². The van der Waals surface area contributed by atoms with Crippen molar-refractivity contribution in [3.05, 3.63) is 84.6 Å². The second-order valence-electron chi connectivity index (χ2n) is 7.76. The molecule has 0 unspecified atom stereocenters. The Morgan fingerprint density at radius 2 is 1.52 bits per heavy atom. The average Bonchev–Trinajstić information content (AvgIpc) is 3.09. The van der Waals surface area contributed by atoms with Gasteiger partial charge in [0, 0.05) is 6.54 Å². The molecule has 0 saturated carbocycles. The van der Waals surface area contributed by atoms with Crippen molar-refractivity contribution in [3.8, 4) is 0 Å². The normalized spacial score (nSPS) is 18.4. The molecule has 2 aromatic rings. The van der Waals surface area contributed by atoms with Crippen molar-refractivity contribution in [2.24, 2.45) is 0 Å². The molecule has 2 aromatic carbocycles. The minimum absolute atomic E-state index is 0.265. The van der Waals surface area contributed by atoms with Gasteiger partial charge in [0.25, 0.3) is 0 Å². The highest BCUT2D eigenvalue weighted by molar-refractivity contribution is 6.69. The number of rotatable bonds is 6. The molecule has 0 N–H and O–H groups in total. The maximum absolute atomic E-state index is 7.06. The maximum atomic E-state index is 7.06. The Balaban J connectivity index is 2.25. The average molecular weight is 352 g/mol. The van der Waals surface area contributed by atoms with E-state index in [-0.39, 0.29) is 6.04 Å². The molecule has 3 heteroatoms. The molecule has 0 spiro atoms. The van der Waals surface area contributed by atoms with Crippen LogP contribution >= 0.6 is 0 Å². The lowest BCUT2D eigenvalue weighted by molar-refractivity contribution is 0.0286. The van der Waals surface area contributed by atoms with Gasteiger partial charge in [-0.2, -0.15) is 0 Å². The Labute approximate surface area is 153 Å². The van der Waals surface area contributed by atoms with Gasteiger partial charge in [0.15, 0.2) is 8.32 Å². The highest BCUT2D eigenvalue weighted by atomic mass is 28.4. The van der Waals surface area contributed by atoms with E-state index in [4.69, 9.17) is 4.43 Å². The first-order chi connectivity index (χ1) is 12.0. The Morgan fingerprint density at radius 1 is 1.00 bits per heavy atom. The Hall–Kier alpha value is -1.84. The van der Waals surface area contributed by atoms with Crippen LogP contribution in [0.4, 0.5) is 0 Å². The van der Waals surface area contributed by atoms with Crippen LogP contribution in [-0.4, -0.2) is 25.8 Å². The fourth-order valence-electron chi connectivity index (χ4n) is 4.04. The number of hydrogen-bond acceptors (Lipinski definition) is 2. The molecule has 1 aliphatic heterocycles. The summed E-state index contributed by atoms with van der Waals surface area (Å²) in [7, 11) is -1.83. The predicted octanol–water partition coefficient (Wildman–Crippen LogP) is 5.39. The van der Waals surface area contributed by atoms with Crippen molar-refractivity contribution in [2.45, 2.75) is 44.1 Å². The Morgan fingerprint density at radius 3 is 1.96 bits per heavy atom. The van der Waals surface area contributed by atoms with Crippen LogP contribution in [0.15, 0.2) is 73.4 Å². The Bertz CT molecular complexity index is 653. The third-order valence-corrected chi connectivity index (χ3v) is 5.80. The number of benzene rings is 2. The fourth-order valence-corrected chi connectivity index (χ4v) is 5.37. The summed E-state index contributed by atoms with van der Waals surface area (Å²) in [6.07, 6.45) is 4.28. The maximum Gasteiger partial charge on any atom is 0.185 e. The van der Waals surface area contributed by atoms with Crippen LogP contribution in [0, 0.1) is 0 Å². The molecule has 0 amide bonds. The summed E-state index contributed by atoms with van der Waals surface area (Å²) in [6.45, 7) is 12.0. The van der Waals surface area contributed by atoms with Gasteiger partial charge in [0.05, 0.1) is 6.04 Å². The lowest BCUT2D eigenvalue weighted by Crippen LogP contribution is -2.53. The van der Waals surface area contributed by atoms with Crippen LogP contribution in [0.3, 0.4) is 0 Å². The first-order valence-electron chi connectivity index (χ1n) is 9.17. The van der Waals surface area contributed by atoms with Gasteiger partial charge in [-0.1, -0.05) is 67.2 Å². The molecule has 0 aromatic heterocycles. The van der Waals surface area contributed by atoms with Gasteiger partial charge >= 0.3 is 0 Å². The van der Waals surface area contributed by atoms with E-state index in [9.17, 15) is 0 Å². The van der Waals surface area contributed by atoms with E-state index in [0.717, 1.165) is 13.0 Å². The second kappa shape index (κ2) is 7.18. The molecule has 1 atom stereocenters. The highest BCUT2D eigenvalue weighted by Gasteiger charge is 2.49. The zero-order chi connectivity index (χ0) is 17.9. The second-order valence-corrected chi connectivity index (χ2v) is 12.2. The molecule has 1 aliphatic rings. The van der Waals surface area contributed by atoms with Gasteiger partial charge in [0.2, 0.25) is 0 Å². The van der Waals surface area contributed by atoms with Gasteiger partial charge in [0.1, 0.15) is 5.60 Å². The molecule has 25 heavy (non-hydrogen) atoms. The first kappa shape index (κ1) is 18.0. The number of nitrogens with zero attached hydrogens (tertiary/aromatic N) is 1. The number of hydrogen-bond donors (Lipinski definition) is 0. The van der Waals surface area contributed by atoms with Gasteiger partial charge in [-0.15, -0.1) is 0 Å². The molecule has 132 valence electrons. The van der Waals surface area contributed by atoms with Gasteiger partial charge in [-0.25, -0.2) is 0 Å². The van der Waals surface area contributed by atoms with E-state index < -0.39 is 13.9 Å². The quantitative estimate of drug-likeness (QED) is 0.647. The zero-order valence-corrected chi connectivity index (χ0v) is 16.6. The van der Waals surface area contributed by atoms with Crippen molar-refractivity contribution in [1.82, 2.24) is 4.90 Å². The molecule has 2 nitrogen and oxygen atoms in total.